The van der Waals surface area contributed by atoms with Crippen molar-refractivity contribution in [2.24, 2.45) is 0 Å². The van der Waals surface area contributed by atoms with Gasteiger partial charge in [0.05, 0.1) is 0 Å². The van der Waals surface area contributed by atoms with E-state index in [9.17, 15) is 0 Å². The molecular formula is C12H14ClN5S. The summed E-state index contributed by atoms with van der Waals surface area (Å²) in [6.45, 7) is 3.99. The Bertz CT molecular complexity index is 582. The average molecular weight is 296 g/mol. The lowest BCUT2D eigenvalue weighted by Gasteiger charge is -2.10. The Morgan fingerprint density at radius 3 is 2.42 bits per heavy atom. The van der Waals surface area contributed by atoms with E-state index in [1.807, 2.05) is 40.1 Å². The first kappa shape index (κ1) is 14.0. The molecule has 100 valence electrons. The predicted octanol–water partition coefficient (Wildman–Crippen LogP) is 2.75. The van der Waals surface area contributed by atoms with Gasteiger partial charge in [-0.2, -0.15) is 15.0 Å². The number of hydrogen-bond acceptors (Lipinski definition) is 6. The summed E-state index contributed by atoms with van der Waals surface area (Å²) in [4.78, 5) is 18.7. The van der Waals surface area contributed by atoms with Crippen molar-refractivity contribution < 1.29 is 0 Å². The van der Waals surface area contributed by atoms with Gasteiger partial charge in [-0.1, -0.05) is 0 Å². The summed E-state index contributed by atoms with van der Waals surface area (Å²) in [5, 5.41) is 1.58. The molecule has 0 saturated heterocycles. The number of halogens is 1. The molecule has 0 N–H and O–H groups in total. The predicted molar refractivity (Wildman–Crippen MR) is 77.0 cm³/mol. The van der Waals surface area contributed by atoms with E-state index in [2.05, 4.69) is 19.9 Å². The molecule has 0 spiro atoms. The molecule has 19 heavy (non-hydrogen) atoms. The number of hydrogen-bond donors (Lipinski definition) is 0. The monoisotopic (exact) mass is 295 g/mol. The van der Waals surface area contributed by atoms with Crippen LogP contribution in [0.2, 0.25) is 5.28 Å². The van der Waals surface area contributed by atoms with E-state index in [1.165, 1.54) is 11.8 Å². The normalized spacial score (nSPS) is 10.6. The standard InChI is InChI=1S/C12H14ClN5S/c1-7-5-8(2)14-9(6-7)19-12-16-10(13)15-11(17-12)18(3)4/h5-6H,1-4H3. The fourth-order valence-corrected chi connectivity index (χ4v) is 2.60. The number of rotatable bonds is 3. The highest BCUT2D eigenvalue weighted by Crippen LogP contribution is 2.25. The van der Waals surface area contributed by atoms with Crippen LogP contribution in [0, 0.1) is 13.8 Å². The summed E-state index contributed by atoms with van der Waals surface area (Å²) in [6, 6.07) is 4.01. The molecule has 0 aromatic carbocycles. The van der Waals surface area contributed by atoms with Gasteiger partial charge >= 0.3 is 0 Å². The Morgan fingerprint density at radius 1 is 1.05 bits per heavy atom. The van der Waals surface area contributed by atoms with E-state index in [1.54, 1.807) is 4.90 Å². The van der Waals surface area contributed by atoms with Crippen LogP contribution >= 0.6 is 23.4 Å². The summed E-state index contributed by atoms with van der Waals surface area (Å²) in [7, 11) is 3.71. The molecule has 0 aliphatic rings. The Kier molecular flexibility index (Phi) is 4.21. The van der Waals surface area contributed by atoms with E-state index in [4.69, 9.17) is 11.6 Å². The maximum Gasteiger partial charge on any atom is 0.230 e. The van der Waals surface area contributed by atoms with E-state index in [0.717, 1.165) is 16.3 Å². The lowest BCUT2D eigenvalue weighted by Crippen LogP contribution is -2.13. The third-order valence-corrected chi connectivity index (χ3v) is 3.20. The number of aromatic nitrogens is 4. The van der Waals surface area contributed by atoms with Gasteiger partial charge in [0.2, 0.25) is 11.2 Å². The average Bonchev–Trinajstić information content (AvgIpc) is 2.26. The first-order valence-electron chi connectivity index (χ1n) is 5.66. The first-order chi connectivity index (χ1) is 8.94. The van der Waals surface area contributed by atoms with Gasteiger partial charge < -0.3 is 4.90 Å². The van der Waals surface area contributed by atoms with Crippen LogP contribution in [0.1, 0.15) is 11.3 Å². The van der Waals surface area contributed by atoms with E-state index in [0.29, 0.717) is 11.1 Å². The van der Waals surface area contributed by atoms with Crippen molar-refractivity contribution in [3.8, 4) is 0 Å². The molecule has 0 fully saturated rings. The van der Waals surface area contributed by atoms with E-state index in [-0.39, 0.29) is 5.28 Å². The molecule has 0 aliphatic carbocycles. The van der Waals surface area contributed by atoms with Crippen LogP contribution in [0.5, 0.6) is 0 Å². The zero-order valence-electron chi connectivity index (χ0n) is 11.2. The fraction of sp³-hybridized carbons (Fsp3) is 0.333. The molecular weight excluding hydrogens is 282 g/mol. The first-order valence-corrected chi connectivity index (χ1v) is 6.85. The fourth-order valence-electron chi connectivity index (χ4n) is 1.52. The van der Waals surface area contributed by atoms with Crippen LogP contribution in [0.3, 0.4) is 0 Å². The molecule has 2 aromatic rings. The molecule has 2 rings (SSSR count). The van der Waals surface area contributed by atoms with E-state index >= 15 is 0 Å². The molecule has 7 heteroatoms. The van der Waals surface area contributed by atoms with Crippen LogP contribution in [-0.4, -0.2) is 34.0 Å². The minimum Gasteiger partial charge on any atom is -0.347 e. The molecule has 0 radical (unpaired) electrons. The second kappa shape index (κ2) is 5.71. The molecule has 2 heterocycles. The Balaban J connectivity index is 2.32. The lowest BCUT2D eigenvalue weighted by molar-refractivity contribution is 0.863. The molecule has 0 atom stereocenters. The molecule has 5 nitrogen and oxygen atoms in total. The third-order valence-electron chi connectivity index (χ3n) is 2.25. The van der Waals surface area contributed by atoms with Crippen LogP contribution in [0.15, 0.2) is 22.3 Å². The zero-order chi connectivity index (χ0) is 14.0. The van der Waals surface area contributed by atoms with Gasteiger partial charge in [-0.25, -0.2) is 4.98 Å². The van der Waals surface area contributed by atoms with Crippen molar-refractivity contribution in [3.63, 3.8) is 0 Å². The van der Waals surface area contributed by atoms with Gasteiger partial charge in [0.25, 0.3) is 0 Å². The Hall–Kier alpha value is -1.40. The van der Waals surface area contributed by atoms with Crippen molar-refractivity contribution >= 4 is 29.3 Å². The smallest absolute Gasteiger partial charge is 0.230 e. The van der Waals surface area contributed by atoms with Gasteiger partial charge in [-0.3, -0.25) is 0 Å². The highest BCUT2D eigenvalue weighted by Gasteiger charge is 2.09. The zero-order valence-corrected chi connectivity index (χ0v) is 12.7. The third kappa shape index (κ3) is 3.78. The highest BCUT2D eigenvalue weighted by atomic mass is 35.5. The molecule has 0 amide bonds. The summed E-state index contributed by atoms with van der Waals surface area (Å²) in [5.41, 5.74) is 2.12. The van der Waals surface area contributed by atoms with Gasteiger partial charge in [0.1, 0.15) is 5.03 Å². The second-order valence-electron chi connectivity index (χ2n) is 4.31. The van der Waals surface area contributed by atoms with Crippen LogP contribution in [0.4, 0.5) is 5.95 Å². The van der Waals surface area contributed by atoms with Gasteiger partial charge in [-0.15, -0.1) is 0 Å². The quantitative estimate of drug-likeness (QED) is 0.868. The van der Waals surface area contributed by atoms with Crippen molar-refractivity contribution in [2.75, 3.05) is 19.0 Å². The largest absolute Gasteiger partial charge is 0.347 e. The van der Waals surface area contributed by atoms with Crippen molar-refractivity contribution in [1.82, 2.24) is 19.9 Å². The van der Waals surface area contributed by atoms with Crippen molar-refractivity contribution in [2.45, 2.75) is 24.0 Å². The molecule has 0 bridgehead atoms. The highest BCUT2D eigenvalue weighted by molar-refractivity contribution is 7.99. The van der Waals surface area contributed by atoms with Crippen LogP contribution in [0.25, 0.3) is 0 Å². The summed E-state index contributed by atoms with van der Waals surface area (Å²) >= 11 is 7.28. The van der Waals surface area contributed by atoms with Crippen LogP contribution < -0.4 is 4.90 Å². The molecule has 0 saturated carbocycles. The molecule has 0 aliphatic heterocycles. The SMILES string of the molecule is Cc1cc(C)nc(Sc2nc(Cl)nc(N(C)C)n2)c1. The maximum absolute atomic E-state index is 5.90. The van der Waals surface area contributed by atoms with Crippen molar-refractivity contribution in [1.29, 1.82) is 0 Å². The second-order valence-corrected chi connectivity index (χ2v) is 5.63. The van der Waals surface area contributed by atoms with Crippen molar-refractivity contribution in [3.05, 3.63) is 28.7 Å². The van der Waals surface area contributed by atoms with Crippen LogP contribution in [-0.2, 0) is 0 Å². The summed E-state index contributed by atoms with van der Waals surface area (Å²) in [6.07, 6.45) is 0. The minimum atomic E-state index is 0.186. The number of aryl methyl sites for hydroxylation is 2. The Morgan fingerprint density at radius 2 is 1.79 bits per heavy atom. The lowest BCUT2D eigenvalue weighted by atomic mass is 10.3. The number of nitrogens with zero attached hydrogens (tertiary/aromatic N) is 5. The number of anilines is 1. The maximum atomic E-state index is 5.90. The van der Waals surface area contributed by atoms with E-state index < -0.39 is 0 Å². The summed E-state index contributed by atoms with van der Waals surface area (Å²) < 4.78 is 0. The molecule has 0 unspecified atom stereocenters. The van der Waals surface area contributed by atoms with Gasteiger partial charge in [-0.05, 0) is 54.9 Å². The van der Waals surface area contributed by atoms with Gasteiger partial charge in [0, 0.05) is 19.8 Å². The van der Waals surface area contributed by atoms with Gasteiger partial charge in [0.15, 0.2) is 5.16 Å². The molecule has 2 aromatic heterocycles. The minimum absolute atomic E-state index is 0.186. The summed E-state index contributed by atoms with van der Waals surface area (Å²) in [5.74, 6) is 0.534. The topological polar surface area (TPSA) is 54.8 Å². The number of pyridine rings is 1. The Labute approximate surface area is 121 Å².